The van der Waals surface area contributed by atoms with Gasteiger partial charge in [0, 0.05) is 34.2 Å². The Hall–Kier alpha value is -6.40. The van der Waals surface area contributed by atoms with E-state index in [-0.39, 0.29) is 11.5 Å². The smallest absolute Gasteiger partial charge is 0.307 e. The number of phenols is 1. The molecular weight excluding hydrogens is 570 g/mol. The lowest BCUT2D eigenvalue weighted by Gasteiger charge is -2.12. The van der Waals surface area contributed by atoms with Gasteiger partial charge >= 0.3 is 6.01 Å². The van der Waals surface area contributed by atoms with E-state index in [0.29, 0.717) is 11.6 Å². The van der Waals surface area contributed by atoms with E-state index in [1.165, 1.54) is 0 Å². The lowest BCUT2D eigenvalue weighted by molar-refractivity contribution is 0.390. The van der Waals surface area contributed by atoms with E-state index in [1.54, 1.807) is 6.07 Å². The zero-order valence-corrected chi connectivity index (χ0v) is 24.5. The molecule has 218 valence electrons. The standard InChI is InChI=1S/C40H25N3O3/c44-35-24-37-32(29-15-6-7-19-36(29)45-37)23-38(35)46-40-42-39-30(16-10-18-34(39)43(40)27-12-2-1-3-13-27)31-22-26(33-17-8-9-20-41-33)21-25-11-4-5-14-28(25)31/h1-24,44H. The molecule has 9 rings (SSSR count). The number of ether oxygens (including phenoxy) is 1. The number of aromatic hydroxyl groups is 1. The number of phenolic OH excluding ortho intramolecular Hbond substituents is 1. The maximum atomic E-state index is 11.1. The highest BCUT2D eigenvalue weighted by Crippen LogP contribution is 2.42. The van der Waals surface area contributed by atoms with Crippen molar-refractivity contribution in [3.05, 3.63) is 146 Å². The summed E-state index contributed by atoms with van der Waals surface area (Å²) < 4.78 is 14.5. The highest BCUT2D eigenvalue weighted by molar-refractivity contribution is 6.07. The number of benzene rings is 6. The minimum atomic E-state index is -0.0347. The summed E-state index contributed by atoms with van der Waals surface area (Å²) >= 11 is 0. The number of hydrogen-bond acceptors (Lipinski definition) is 5. The first kappa shape index (κ1) is 26.0. The molecule has 0 bridgehead atoms. The van der Waals surface area contributed by atoms with Crippen LogP contribution < -0.4 is 4.74 Å². The van der Waals surface area contributed by atoms with Gasteiger partial charge in [0.15, 0.2) is 11.5 Å². The SMILES string of the molecule is Oc1cc2oc3ccccc3c2cc1Oc1nc2c(-c3cc(-c4ccccn4)cc4ccccc34)cccc2n1-c1ccccc1. The second-order valence-corrected chi connectivity index (χ2v) is 11.2. The van der Waals surface area contributed by atoms with Gasteiger partial charge in [0.2, 0.25) is 0 Å². The van der Waals surface area contributed by atoms with Crippen LogP contribution >= 0.6 is 0 Å². The lowest BCUT2D eigenvalue weighted by Crippen LogP contribution is -1.98. The molecule has 3 heterocycles. The minimum absolute atomic E-state index is 0.0347. The first-order valence-corrected chi connectivity index (χ1v) is 15.0. The van der Waals surface area contributed by atoms with Gasteiger partial charge in [-0.3, -0.25) is 9.55 Å². The van der Waals surface area contributed by atoms with Crippen LogP contribution in [0, 0.1) is 0 Å². The van der Waals surface area contributed by atoms with Crippen LogP contribution in [0.15, 0.2) is 150 Å². The van der Waals surface area contributed by atoms with Crippen LogP contribution in [0.3, 0.4) is 0 Å². The minimum Gasteiger partial charge on any atom is -0.504 e. The Kier molecular flexibility index (Phi) is 5.86. The van der Waals surface area contributed by atoms with E-state index in [4.69, 9.17) is 14.1 Å². The number of nitrogens with zero attached hydrogens (tertiary/aromatic N) is 3. The number of aromatic nitrogens is 3. The summed E-state index contributed by atoms with van der Waals surface area (Å²) in [4.78, 5) is 9.76. The Bertz CT molecular complexity index is 2570. The summed E-state index contributed by atoms with van der Waals surface area (Å²) in [6.07, 6.45) is 1.81. The molecule has 0 amide bonds. The van der Waals surface area contributed by atoms with E-state index in [2.05, 4.69) is 47.4 Å². The van der Waals surface area contributed by atoms with E-state index in [0.717, 1.165) is 66.2 Å². The molecule has 0 saturated heterocycles. The quantitative estimate of drug-likeness (QED) is 0.214. The van der Waals surface area contributed by atoms with Crippen LogP contribution in [0.1, 0.15) is 0 Å². The van der Waals surface area contributed by atoms with Crippen LogP contribution in [0.25, 0.3) is 71.8 Å². The fourth-order valence-corrected chi connectivity index (χ4v) is 6.33. The van der Waals surface area contributed by atoms with Crippen molar-refractivity contribution in [3.63, 3.8) is 0 Å². The summed E-state index contributed by atoms with van der Waals surface area (Å²) in [6.45, 7) is 0. The maximum Gasteiger partial charge on any atom is 0.307 e. The number of para-hydroxylation sites is 3. The van der Waals surface area contributed by atoms with Crippen LogP contribution in [0.2, 0.25) is 0 Å². The van der Waals surface area contributed by atoms with Crippen molar-refractivity contribution in [3.8, 4) is 45.6 Å². The van der Waals surface area contributed by atoms with Crippen molar-refractivity contribution >= 4 is 43.7 Å². The first-order chi connectivity index (χ1) is 22.7. The molecule has 0 aliphatic heterocycles. The van der Waals surface area contributed by atoms with Gasteiger partial charge in [-0.1, -0.05) is 78.9 Å². The summed E-state index contributed by atoms with van der Waals surface area (Å²) in [6, 6.07) is 46.4. The molecule has 6 heteroatoms. The monoisotopic (exact) mass is 595 g/mol. The predicted octanol–water partition coefficient (Wildman–Crippen LogP) is 10.3. The van der Waals surface area contributed by atoms with Crippen molar-refractivity contribution in [2.45, 2.75) is 0 Å². The van der Waals surface area contributed by atoms with Gasteiger partial charge in [-0.05, 0) is 70.9 Å². The molecule has 3 aromatic heterocycles. The highest BCUT2D eigenvalue weighted by atomic mass is 16.5. The molecule has 0 radical (unpaired) electrons. The van der Waals surface area contributed by atoms with Crippen molar-refractivity contribution in [1.29, 1.82) is 0 Å². The number of imidazole rings is 1. The predicted molar refractivity (Wildman–Crippen MR) is 183 cm³/mol. The van der Waals surface area contributed by atoms with Gasteiger partial charge in [0.25, 0.3) is 0 Å². The third-order valence-corrected chi connectivity index (χ3v) is 8.44. The Morgan fingerprint density at radius 2 is 1.43 bits per heavy atom. The van der Waals surface area contributed by atoms with Gasteiger partial charge in [0.05, 0.1) is 16.9 Å². The Balaban J connectivity index is 1.28. The van der Waals surface area contributed by atoms with E-state index in [9.17, 15) is 5.11 Å². The third kappa shape index (κ3) is 4.19. The number of hydrogen-bond donors (Lipinski definition) is 1. The first-order valence-electron chi connectivity index (χ1n) is 15.0. The van der Waals surface area contributed by atoms with Gasteiger partial charge in [-0.15, -0.1) is 0 Å². The van der Waals surface area contributed by atoms with Crippen molar-refractivity contribution in [2.75, 3.05) is 0 Å². The average molecular weight is 596 g/mol. The average Bonchev–Trinajstić information content (AvgIpc) is 3.66. The number of rotatable bonds is 5. The number of pyridine rings is 1. The van der Waals surface area contributed by atoms with E-state index < -0.39 is 0 Å². The van der Waals surface area contributed by atoms with Gasteiger partial charge in [-0.2, -0.15) is 4.98 Å². The summed E-state index contributed by atoms with van der Waals surface area (Å²) in [5, 5.41) is 15.1. The van der Waals surface area contributed by atoms with Gasteiger partial charge in [-0.25, -0.2) is 0 Å². The Morgan fingerprint density at radius 1 is 0.630 bits per heavy atom. The molecule has 6 aromatic carbocycles. The van der Waals surface area contributed by atoms with Crippen LogP contribution in [0.4, 0.5) is 0 Å². The molecule has 1 N–H and O–H groups in total. The van der Waals surface area contributed by atoms with Crippen LogP contribution in [-0.2, 0) is 0 Å². The van der Waals surface area contributed by atoms with Crippen molar-refractivity contribution < 1.29 is 14.3 Å². The second-order valence-electron chi connectivity index (χ2n) is 11.2. The fourth-order valence-electron chi connectivity index (χ4n) is 6.33. The molecule has 0 atom stereocenters. The largest absolute Gasteiger partial charge is 0.504 e. The molecule has 0 spiro atoms. The third-order valence-electron chi connectivity index (χ3n) is 8.44. The fraction of sp³-hybridized carbons (Fsp3) is 0. The summed E-state index contributed by atoms with van der Waals surface area (Å²) in [5.41, 5.74) is 7.81. The van der Waals surface area contributed by atoms with Crippen molar-refractivity contribution in [2.24, 2.45) is 0 Å². The summed E-state index contributed by atoms with van der Waals surface area (Å²) in [7, 11) is 0. The normalized spacial score (nSPS) is 11.6. The topological polar surface area (TPSA) is 73.3 Å². The zero-order chi connectivity index (χ0) is 30.6. The molecule has 0 fully saturated rings. The summed E-state index contributed by atoms with van der Waals surface area (Å²) in [5.74, 6) is 0.253. The van der Waals surface area contributed by atoms with E-state index >= 15 is 0 Å². The van der Waals surface area contributed by atoms with Crippen LogP contribution in [-0.4, -0.2) is 19.6 Å². The second kappa shape index (κ2) is 10.4. The molecule has 0 saturated carbocycles. The molecule has 6 nitrogen and oxygen atoms in total. The van der Waals surface area contributed by atoms with Gasteiger partial charge in [0.1, 0.15) is 16.7 Å². The molecular formula is C40H25N3O3. The molecule has 0 unspecified atom stereocenters. The van der Waals surface area contributed by atoms with Crippen molar-refractivity contribution in [1.82, 2.24) is 14.5 Å². The lowest BCUT2D eigenvalue weighted by atomic mass is 9.93. The Labute approximate surface area is 263 Å². The van der Waals surface area contributed by atoms with Crippen LogP contribution in [0.5, 0.6) is 17.5 Å². The molecule has 46 heavy (non-hydrogen) atoms. The zero-order valence-electron chi connectivity index (χ0n) is 24.5. The van der Waals surface area contributed by atoms with Gasteiger partial charge < -0.3 is 14.3 Å². The molecule has 9 aromatic rings. The highest BCUT2D eigenvalue weighted by Gasteiger charge is 2.21. The maximum absolute atomic E-state index is 11.1. The number of fused-ring (bicyclic) bond motifs is 5. The Morgan fingerprint density at radius 3 is 2.30 bits per heavy atom. The number of furan rings is 1. The van der Waals surface area contributed by atoms with E-state index in [1.807, 2.05) is 102 Å². The molecule has 0 aliphatic carbocycles. The molecule has 0 aliphatic rings.